The summed E-state index contributed by atoms with van der Waals surface area (Å²) < 4.78 is 29.9. The molecule has 1 aliphatic rings. The van der Waals surface area contributed by atoms with Gasteiger partial charge in [-0.1, -0.05) is 36.4 Å². The molecule has 34 heavy (non-hydrogen) atoms. The number of amides is 1. The predicted molar refractivity (Wildman–Crippen MR) is 131 cm³/mol. The van der Waals surface area contributed by atoms with E-state index in [0.717, 1.165) is 30.6 Å². The molecule has 2 aromatic rings. The van der Waals surface area contributed by atoms with E-state index < -0.39 is 6.67 Å². The highest BCUT2D eigenvalue weighted by atomic mass is 19.1. The first kappa shape index (κ1) is 25.7. The fourth-order valence-corrected chi connectivity index (χ4v) is 4.41. The summed E-state index contributed by atoms with van der Waals surface area (Å²) in [6, 6.07) is 13.6. The van der Waals surface area contributed by atoms with Gasteiger partial charge in [0, 0.05) is 19.6 Å². The lowest BCUT2D eigenvalue weighted by atomic mass is 10.0. The number of nitrogens with one attached hydrogen (secondary N) is 1. The van der Waals surface area contributed by atoms with Crippen LogP contribution in [0.1, 0.15) is 34.3 Å². The largest absolute Gasteiger partial charge is 0.493 e. The zero-order valence-electron chi connectivity index (χ0n) is 20.1. The number of methoxy groups -OCH3 is 2. The average molecular weight is 471 g/mol. The number of likely N-dealkylation sites (tertiary alicyclic amines) is 1. The highest BCUT2D eigenvalue weighted by molar-refractivity contribution is 5.98. The number of carbonyl (C=O) groups is 1. The zero-order valence-corrected chi connectivity index (χ0v) is 20.1. The Morgan fingerprint density at radius 3 is 2.68 bits per heavy atom. The lowest BCUT2D eigenvalue weighted by Gasteiger charge is -2.28. The van der Waals surface area contributed by atoms with Crippen molar-refractivity contribution in [2.45, 2.75) is 38.0 Å². The molecule has 1 amide bonds. The third-order valence-corrected chi connectivity index (χ3v) is 6.12. The maximum absolute atomic E-state index is 13.2. The monoisotopic (exact) mass is 470 g/mol. The van der Waals surface area contributed by atoms with E-state index >= 15 is 0 Å². The molecule has 0 unspecified atom stereocenters. The molecule has 1 aliphatic heterocycles. The summed E-state index contributed by atoms with van der Waals surface area (Å²) in [4.78, 5) is 15.5. The first-order valence-corrected chi connectivity index (χ1v) is 11.7. The molecule has 0 saturated carbocycles. The van der Waals surface area contributed by atoms with Gasteiger partial charge in [-0.2, -0.15) is 0 Å². The van der Waals surface area contributed by atoms with Gasteiger partial charge in [0.05, 0.1) is 45.2 Å². The maximum atomic E-state index is 13.2. The van der Waals surface area contributed by atoms with Crippen molar-refractivity contribution in [2.24, 2.45) is 0 Å². The van der Waals surface area contributed by atoms with Gasteiger partial charge in [0.2, 0.25) is 0 Å². The molecule has 0 aliphatic carbocycles. The number of aryl methyl sites for hydroxylation is 1. The van der Waals surface area contributed by atoms with Crippen molar-refractivity contribution in [2.75, 3.05) is 40.5 Å². The fourth-order valence-electron chi connectivity index (χ4n) is 4.41. The van der Waals surface area contributed by atoms with Crippen LogP contribution in [0.5, 0.6) is 11.5 Å². The Balaban J connectivity index is 1.72. The summed E-state index contributed by atoms with van der Waals surface area (Å²) in [7, 11) is 3.03. The smallest absolute Gasteiger partial charge is 0.255 e. The number of hydrogen-bond donors (Lipinski definition) is 1. The predicted octanol–water partition coefficient (Wildman–Crippen LogP) is 4.18. The van der Waals surface area contributed by atoms with Crippen LogP contribution >= 0.6 is 0 Å². The molecular formula is C27H35FN2O4. The van der Waals surface area contributed by atoms with Crippen LogP contribution in [0.3, 0.4) is 0 Å². The lowest BCUT2D eigenvalue weighted by molar-refractivity contribution is 0.0176. The molecule has 1 fully saturated rings. The number of nitrogens with zero attached hydrogens (tertiary/aromatic N) is 1. The second-order valence-electron chi connectivity index (χ2n) is 8.36. The van der Waals surface area contributed by atoms with Gasteiger partial charge in [-0.25, -0.2) is 0 Å². The average Bonchev–Trinajstić information content (AvgIpc) is 3.26. The van der Waals surface area contributed by atoms with Gasteiger partial charge < -0.3 is 19.5 Å². The van der Waals surface area contributed by atoms with Crippen LogP contribution in [0.2, 0.25) is 0 Å². The SMILES string of the molecule is C=CCN1CC[C@H](OCc2ccccc2)[C@H]1CNC(=O)c1cc(CCCF)cc(OC)c1OC. The fraction of sp³-hybridized carbons (Fsp3) is 0.444. The zero-order chi connectivity index (χ0) is 24.3. The van der Waals surface area contributed by atoms with Gasteiger partial charge in [-0.15, -0.1) is 6.58 Å². The first-order chi connectivity index (χ1) is 16.6. The molecule has 0 bridgehead atoms. The van der Waals surface area contributed by atoms with E-state index in [0.29, 0.717) is 43.1 Å². The Hall–Kier alpha value is -2.90. The van der Waals surface area contributed by atoms with E-state index in [9.17, 15) is 9.18 Å². The lowest BCUT2D eigenvalue weighted by Crippen LogP contribution is -2.45. The molecule has 1 heterocycles. The van der Waals surface area contributed by atoms with E-state index in [1.54, 1.807) is 12.1 Å². The van der Waals surface area contributed by atoms with Gasteiger partial charge in [0.15, 0.2) is 11.5 Å². The molecule has 2 aromatic carbocycles. The third-order valence-electron chi connectivity index (χ3n) is 6.12. The summed E-state index contributed by atoms with van der Waals surface area (Å²) >= 11 is 0. The number of rotatable bonds is 13. The number of benzene rings is 2. The topological polar surface area (TPSA) is 60.0 Å². The Kier molecular flexibility index (Phi) is 9.91. The van der Waals surface area contributed by atoms with Gasteiger partial charge in [-0.05, 0) is 42.5 Å². The second kappa shape index (κ2) is 13.1. The van der Waals surface area contributed by atoms with Crippen molar-refractivity contribution < 1.29 is 23.4 Å². The molecule has 1 saturated heterocycles. The number of ether oxygens (including phenoxy) is 3. The second-order valence-corrected chi connectivity index (χ2v) is 8.36. The Bertz CT molecular complexity index is 938. The Labute approximate surface area is 201 Å². The molecule has 0 spiro atoms. The van der Waals surface area contributed by atoms with Crippen LogP contribution in [-0.2, 0) is 17.8 Å². The van der Waals surface area contributed by atoms with E-state index in [4.69, 9.17) is 14.2 Å². The van der Waals surface area contributed by atoms with Crippen molar-refractivity contribution in [1.29, 1.82) is 0 Å². The molecule has 184 valence electrons. The van der Waals surface area contributed by atoms with Crippen LogP contribution in [0.15, 0.2) is 55.1 Å². The van der Waals surface area contributed by atoms with Crippen molar-refractivity contribution >= 4 is 5.91 Å². The first-order valence-electron chi connectivity index (χ1n) is 11.7. The number of carbonyl (C=O) groups excluding carboxylic acids is 1. The standard InChI is InChI=1S/C27H35FN2O4/c1-4-14-30-15-12-24(34-19-20-9-6-5-7-10-20)23(30)18-29-27(31)22-16-21(11-8-13-28)17-25(32-2)26(22)33-3/h4-7,9-10,16-17,23-24H,1,8,11-15,18-19H2,2-3H3,(H,29,31)/t23-,24+/m1/s1. The normalized spacial score (nSPS) is 18.0. The van der Waals surface area contributed by atoms with Crippen molar-refractivity contribution in [3.8, 4) is 11.5 Å². The summed E-state index contributed by atoms with van der Waals surface area (Å²) in [5, 5.41) is 3.06. The van der Waals surface area contributed by atoms with Gasteiger partial charge >= 0.3 is 0 Å². The van der Waals surface area contributed by atoms with Crippen molar-refractivity contribution in [1.82, 2.24) is 10.2 Å². The highest BCUT2D eigenvalue weighted by Crippen LogP contribution is 2.33. The van der Waals surface area contributed by atoms with E-state index in [1.165, 1.54) is 14.2 Å². The molecule has 2 atom stereocenters. The van der Waals surface area contributed by atoms with Gasteiger partial charge in [-0.3, -0.25) is 14.1 Å². The van der Waals surface area contributed by atoms with Crippen LogP contribution in [0.25, 0.3) is 0 Å². The van der Waals surface area contributed by atoms with Crippen molar-refractivity contribution in [3.63, 3.8) is 0 Å². The summed E-state index contributed by atoms with van der Waals surface area (Å²) in [5.74, 6) is 0.571. The molecule has 0 radical (unpaired) electrons. The summed E-state index contributed by atoms with van der Waals surface area (Å²) in [6.07, 6.45) is 3.65. The Morgan fingerprint density at radius 2 is 2.00 bits per heavy atom. The van der Waals surface area contributed by atoms with Crippen LogP contribution in [0, 0.1) is 0 Å². The maximum Gasteiger partial charge on any atom is 0.255 e. The number of hydrogen-bond acceptors (Lipinski definition) is 5. The molecule has 3 rings (SSSR count). The highest BCUT2D eigenvalue weighted by Gasteiger charge is 2.34. The van der Waals surface area contributed by atoms with Crippen LogP contribution in [-0.4, -0.2) is 63.5 Å². The summed E-state index contributed by atoms with van der Waals surface area (Å²) in [5.41, 5.74) is 2.33. The minimum Gasteiger partial charge on any atom is -0.493 e. The van der Waals surface area contributed by atoms with Gasteiger partial charge in [0.1, 0.15) is 0 Å². The van der Waals surface area contributed by atoms with Crippen LogP contribution in [0.4, 0.5) is 4.39 Å². The third kappa shape index (κ3) is 6.58. The molecule has 0 aromatic heterocycles. The molecular weight excluding hydrogens is 435 g/mol. The number of halogens is 1. The molecule has 7 heteroatoms. The molecule has 1 N–H and O–H groups in total. The van der Waals surface area contributed by atoms with Crippen LogP contribution < -0.4 is 14.8 Å². The van der Waals surface area contributed by atoms with Gasteiger partial charge in [0.25, 0.3) is 5.91 Å². The molecule has 6 nitrogen and oxygen atoms in total. The summed E-state index contributed by atoms with van der Waals surface area (Å²) in [6.45, 7) is 6.00. The van der Waals surface area contributed by atoms with E-state index in [1.807, 2.05) is 36.4 Å². The minimum atomic E-state index is -0.416. The minimum absolute atomic E-state index is 0.00669. The van der Waals surface area contributed by atoms with Crippen molar-refractivity contribution in [3.05, 3.63) is 71.8 Å². The Morgan fingerprint density at radius 1 is 1.21 bits per heavy atom. The van der Waals surface area contributed by atoms with E-state index in [-0.39, 0.29) is 18.1 Å². The number of alkyl halides is 1. The van der Waals surface area contributed by atoms with E-state index in [2.05, 4.69) is 16.8 Å². The quantitative estimate of drug-likeness (QED) is 0.445.